The predicted octanol–water partition coefficient (Wildman–Crippen LogP) is 3.43. The van der Waals surface area contributed by atoms with Gasteiger partial charge in [0.15, 0.2) is 0 Å². The number of terminal acetylenes is 1. The van der Waals surface area contributed by atoms with Crippen LogP contribution in [0.2, 0.25) is 0 Å². The highest BCUT2D eigenvalue weighted by Gasteiger charge is 2.29. The molecule has 1 fully saturated rings. The van der Waals surface area contributed by atoms with Gasteiger partial charge in [-0.25, -0.2) is 14.2 Å². The molecule has 1 N–H and O–H groups in total. The maximum absolute atomic E-state index is 13.1. The summed E-state index contributed by atoms with van der Waals surface area (Å²) in [7, 11) is 1.81. The number of benzene rings is 1. The maximum Gasteiger partial charge on any atom is 0.337 e. The van der Waals surface area contributed by atoms with E-state index in [1.165, 1.54) is 4.57 Å². The van der Waals surface area contributed by atoms with Crippen molar-refractivity contribution in [1.29, 1.82) is 0 Å². The lowest BCUT2D eigenvalue weighted by Crippen LogP contribution is -2.50. The molecule has 3 rings (SSSR count). The highest BCUT2D eigenvalue weighted by molar-refractivity contribution is 5.89. The first-order valence-corrected chi connectivity index (χ1v) is 11.6. The first-order valence-electron chi connectivity index (χ1n) is 11.6. The van der Waals surface area contributed by atoms with E-state index in [0.29, 0.717) is 18.5 Å². The number of likely N-dealkylation sites (tertiary alicyclic amines) is 1. The Bertz CT molecular complexity index is 1110. The normalized spacial score (nSPS) is 17.9. The van der Waals surface area contributed by atoms with E-state index in [0.717, 1.165) is 30.6 Å². The van der Waals surface area contributed by atoms with Crippen LogP contribution < -0.4 is 11.0 Å². The molecule has 2 amide bonds. The summed E-state index contributed by atoms with van der Waals surface area (Å²) in [5, 5.41) is 3.06. The average Bonchev–Trinajstić information content (AvgIpc) is 3.08. The third-order valence-electron chi connectivity index (χ3n) is 6.30. The topological polar surface area (TPSA) is 79.6 Å². The summed E-state index contributed by atoms with van der Waals surface area (Å²) in [6.07, 6.45) is 10.3. The molecule has 1 saturated heterocycles. The van der Waals surface area contributed by atoms with E-state index < -0.39 is 6.03 Å². The second kappa shape index (κ2) is 11.6. The van der Waals surface area contributed by atoms with Crippen LogP contribution in [0, 0.1) is 12.8 Å². The van der Waals surface area contributed by atoms with Crippen molar-refractivity contribution in [3.63, 3.8) is 0 Å². The number of fused-ring (bicyclic) bond motifs is 1. The third-order valence-corrected chi connectivity index (χ3v) is 6.30. The number of imidazole rings is 1. The van der Waals surface area contributed by atoms with Gasteiger partial charge in [0.1, 0.15) is 0 Å². The SMILES string of the molecule is C#C.C=C1CC(NC(=O)n2c(=O)n(C(C)C)c3ccccc32)CC(C)N1CCCN(C)C(C)=O. The fourth-order valence-corrected chi connectivity index (χ4v) is 4.57. The van der Waals surface area contributed by atoms with Gasteiger partial charge in [-0.2, -0.15) is 0 Å². The van der Waals surface area contributed by atoms with Gasteiger partial charge in [0.05, 0.1) is 11.0 Å². The lowest BCUT2D eigenvalue weighted by atomic mass is 9.95. The first kappa shape index (κ1) is 26.8. The molecule has 184 valence electrons. The number of hydrogen-bond donors (Lipinski definition) is 1. The van der Waals surface area contributed by atoms with Crippen molar-refractivity contribution in [2.45, 2.75) is 65.1 Å². The predicted molar refractivity (Wildman–Crippen MR) is 137 cm³/mol. The van der Waals surface area contributed by atoms with E-state index in [1.807, 2.05) is 32.0 Å². The number of aromatic nitrogens is 2. The molecular formula is C26H37N5O3. The summed E-state index contributed by atoms with van der Waals surface area (Å²) in [6.45, 7) is 13.3. The molecule has 1 aliphatic rings. The van der Waals surface area contributed by atoms with Crippen LogP contribution in [0.1, 0.15) is 53.0 Å². The smallest absolute Gasteiger partial charge is 0.337 e. The molecule has 34 heavy (non-hydrogen) atoms. The monoisotopic (exact) mass is 467 g/mol. The van der Waals surface area contributed by atoms with E-state index in [-0.39, 0.29) is 29.7 Å². The maximum atomic E-state index is 13.1. The Kier molecular flexibility index (Phi) is 9.13. The van der Waals surface area contributed by atoms with Crippen LogP contribution in [-0.4, -0.2) is 63.1 Å². The Morgan fingerprint density at radius 1 is 1.24 bits per heavy atom. The van der Waals surface area contributed by atoms with E-state index in [4.69, 9.17) is 0 Å². The zero-order valence-electron chi connectivity index (χ0n) is 21.0. The van der Waals surface area contributed by atoms with Crippen molar-refractivity contribution in [2.24, 2.45) is 0 Å². The molecule has 8 heteroatoms. The summed E-state index contributed by atoms with van der Waals surface area (Å²) in [6, 6.07) is 7.05. The lowest BCUT2D eigenvalue weighted by Gasteiger charge is -2.41. The van der Waals surface area contributed by atoms with Crippen LogP contribution in [0.15, 0.2) is 41.3 Å². The van der Waals surface area contributed by atoms with Gasteiger partial charge in [-0.3, -0.25) is 9.36 Å². The van der Waals surface area contributed by atoms with Crippen LogP contribution >= 0.6 is 0 Å². The molecule has 8 nitrogen and oxygen atoms in total. The fourth-order valence-electron chi connectivity index (χ4n) is 4.57. The van der Waals surface area contributed by atoms with Gasteiger partial charge in [-0.1, -0.05) is 18.7 Å². The molecule has 1 aliphatic heterocycles. The van der Waals surface area contributed by atoms with Crippen LogP contribution in [-0.2, 0) is 4.79 Å². The Balaban J connectivity index is 0.00000199. The number of para-hydroxylation sites is 2. The summed E-state index contributed by atoms with van der Waals surface area (Å²) in [5.74, 6) is 0.0624. The van der Waals surface area contributed by atoms with Crippen molar-refractivity contribution < 1.29 is 9.59 Å². The first-order chi connectivity index (χ1) is 16.1. The number of rotatable bonds is 6. The molecule has 0 saturated carbocycles. The standard InChI is InChI=1S/C24H35N5O3.C2H2/c1-16(2)28-21-10-7-8-11-22(21)29(24(28)32)23(31)25-20-14-17(3)27(18(4)15-20)13-9-12-26(6)19(5)30;1-2/h7-8,10-11,16,18,20H,3,9,12-15H2,1-2,4-6H3,(H,25,31);1-2H. The fraction of sp³-hybridized carbons (Fsp3) is 0.500. The number of amides is 2. The minimum atomic E-state index is -0.396. The Labute approximate surface area is 202 Å². The van der Waals surface area contributed by atoms with Gasteiger partial charge in [-0.05, 0) is 45.7 Å². The largest absolute Gasteiger partial charge is 0.372 e. The lowest BCUT2D eigenvalue weighted by molar-refractivity contribution is -0.127. The Morgan fingerprint density at radius 3 is 2.41 bits per heavy atom. The Hall–Kier alpha value is -3.47. The number of nitrogens with zero attached hydrogens (tertiary/aromatic N) is 4. The van der Waals surface area contributed by atoms with E-state index in [1.54, 1.807) is 29.5 Å². The number of piperidine rings is 1. The van der Waals surface area contributed by atoms with E-state index in [2.05, 4.69) is 36.6 Å². The zero-order chi connectivity index (χ0) is 25.6. The van der Waals surface area contributed by atoms with Crippen molar-refractivity contribution in [2.75, 3.05) is 20.1 Å². The number of hydrogen-bond acceptors (Lipinski definition) is 4. The molecule has 0 spiro atoms. The quantitative estimate of drug-likeness (QED) is 0.660. The van der Waals surface area contributed by atoms with Gasteiger partial charge in [-0.15, -0.1) is 12.8 Å². The van der Waals surface area contributed by atoms with Crippen LogP contribution in [0.3, 0.4) is 0 Å². The number of carbonyl (C=O) groups excluding carboxylic acids is 2. The Morgan fingerprint density at radius 2 is 1.85 bits per heavy atom. The van der Waals surface area contributed by atoms with Gasteiger partial charge in [0.2, 0.25) is 5.91 Å². The summed E-state index contributed by atoms with van der Waals surface area (Å²) in [4.78, 5) is 41.5. The van der Waals surface area contributed by atoms with Crippen molar-refractivity contribution >= 4 is 23.0 Å². The average molecular weight is 468 g/mol. The van der Waals surface area contributed by atoms with Crippen molar-refractivity contribution in [1.82, 2.24) is 24.3 Å². The second-order valence-electron chi connectivity index (χ2n) is 9.06. The van der Waals surface area contributed by atoms with E-state index in [9.17, 15) is 14.4 Å². The molecule has 0 radical (unpaired) electrons. The second-order valence-corrected chi connectivity index (χ2v) is 9.06. The molecular weight excluding hydrogens is 430 g/mol. The molecule has 1 aromatic heterocycles. The third kappa shape index (κ3) is 5.71. The summed E-state index contributed by atoms with van der Waals surface area (Å²) < 4.78 is 2.89. The molecule has 2 atom stereocenters. The summed E-state index contributed by atoms with van der Waals surface area (Å²) in [5.41, 5.74) is 2.02. The molecule has 2 heterocycles. The highest BCUT2D eigenvalue weighted by Crippen LogP contribution is 2.25. The van der Waals surface area contributed by atoms with Gasteiger partial charge in [0, 0.05) is 57.3 Å². The van der Waals surface area contributed by atoms with E-state index >= 15 is 0 Å². The van der Waals surface area contributed by atoms with Crippen LogP contribution in [0.25, 0.3) is 11.0 Å². The minimum Gasteiger partial charge on any atom is -0.372 e. The van der Waals surface area contributed by atoms with Crippen LogP contribution in [0.5, 0.6) is 0 Å². The minimum absolute atomic E-state index is 0.0495. The molecule has 0 aliphatic carbocycles. The summed E-state index contributed by atoms with van der Waals surface area (Å²) >= 11 is 0. The molecule has 0 bridgehead atoms. The van der Waals surface area contributed by atoms with Gasteiger partial charge < -0.3 is 15.1 Å². The van der Waals surface area contributed by atoms with Crippen molar-refractivity contribution in [3.05, 3.63) is 47.0 Å². The number of nitrogens with one attached hydrogen (secondary N) is 1. The molecule has 2 aromatic rings. The van der Waals surface area contributed by atoms with Gasteiger partial charge in [0.25, 0.3) is 0 Å². The van der Waals surface area contributed by atoms with Gasteiger partial charge >= 0.3 is 11.7 Å². The van der Waals surface area contributed by atoms with Crippen molar-refractivity contribution in [3.8, 4) is 12.8 Å². The van der Waals surface area contributed by atoms with Crippen LogP contribution in [0.4, 0.5) is 4.79 Å². The highest BCUT2D eigenvalue weighted by atomic mass is 16.2. The number of carbonyl (C=O) groups is 2. The zero-order valence-corrected chi connectivity index (χ0v) is 21.0. The molecule has 1 aromatic carbocycles. The molecule has 2 unspecified atom stereocenters.